The largest absolute Gasteiger partial charge is 0.354 e. The number of amides is 1. The molecule has 0 spiro atoms. The van der Waals surface area contributed by atoms with E-state index in [0.717, 1.165) is 5.82 Å². The molecule has 7 heteroatoms. The Morgan fingerprint density at radius 3 is 2.55 bits per heavy atom. The van der Waals surface area contributed by atoms with E-state index < -0.39 is 0 Å². The fraction of sp³-hybridized carbons (Fsp3) is 0.692. The molecule has 0 aliphatic carbocycles. The molecule has 1 heterocycles. The summed E-state index contributed by atoms with van der Waals surface area (Å²) >= 11 is 0. The Labute approximate surface area is 133 Å². The number of carbonyl (C=O) groups is 1. The van der Waals surface area contributed by atoms with Crippen molar-refractivity contribution in [2.75, 3.05) is 13.6 Å². The van der Waals surface area contributed by atoms with Gasteiger partial charge in [-0.1, -0.05) is 13.8 Å². The molecular weight excluding hydrogens is 299 g/mol. The van der Waals surface area contributed by atoms with Gasteiger partial charge in [0.2, 0.25) is 5.91 Å². The highest BCUT2D eigenvalue weighted by Gasteiger charge is 2.09. The van der Waals surface area contributed by atoms with Crippen molar-refractivity contribution in [1.82, 2.24) is 20.2 Å². The molecule has 0 saturated carbocycles. The lowest BCUT2D eigenvalue weighted by atomic mass is 10.2. The second-order valence-electron chi connectivity index (χ2n) is 4.88. The molecule has 0 radical (unpaired) electrons. The summed E-state index contributed by atoms with van der Waals surface area (Å²) in [5.41, 5.74) is 0. The fourth-order valence-electron chi connectivity index (χ4n) is 1.69. The van der Waals surface area contributed by atoms with Gasteiger partial charge in [-0.2, -0.15) is 0 Å². The summed E-state index contributed by atoms with van der Waals surface area (Å²) in [6.45, 7) is 7.59. The third kappa shape index (κ3) is 7.12. The van der Waals surface area contributed by atoms with Crippen molar-refractivity contribution in [1.29, 1.82) is 0 Å². The van der Waals surface area contributed by atoms with Crippen molar-refractivity contribution < 1.29 is 4.79 Å². The Hall–Kier alpha value is -0.780. The van der Waals surface area contributed by atoms with Crippen molar-refractivity contribution in [3.63, 3.8) is 0 Å². The zero-order valence-corrected chi connectivity index (χ0v) is 14.2. The van der Waals surface area contributed by atoms with Gasteiger partial charge < -0.3 is 15.2 Å². The van der Waals surface area contributed by atoms with E-state index in [0.29, 0.717) is 31.5 Å². The number of rotatable bonds is 7. The van der Waals surface area contributed by atoms with E-state index in [1.165, 1.54) is 0 Å². The van der Waals surface area contributed by atoms with Crippen LogP contribution in [-0.2, 0) is 11.3 Å². The molecule has 118 valence electrons. The van der Waals surface area contributed by atoms with Crippen LogP contribution in [0.2, 0.25) is 0 Å². The van der Waals surface area contributed by atoms with E-state index in [4.69, 9.17) is 0 Å². The number of aryl methyl sites for hydroxylation is 1. The van der Waals surface area contributed by atoms with Crippen LogP contribution in [0.4, 0.5) is 0 Å². The van der Waals surface area contributed by atoms with E-state index in [-0.39, 0.29) is 30.7 Å². The predicted molar refractivity (Wildman–Crippen MR) is 87.0 cm³/mol. The monoisotopic (exact) mass is 324 g/mol. The number of hydrogen-bond donors (Lipinski definition) is 2. The van der Waals surface area contributed by atoms with Crippen LogP contribution in [0.25, 0.3) is 0 Å². The second-order valence-corrected chi connectivity index (χ2v) is 4.88. The van der Waals surface area contributed by atoms with Crippen LogP contribution in [0.3, 0.4) is 0 Å². The molecule has 5 nitrogen and oxygen atoms in total. The Balaban J connectivity index is 0. The first-order chi connectivity index (χ1) is 8.54. The quantitative estimate of drug-likeness (QED) is 0.806. The summed E-state index contributed by atoms with van der Waals surface area (Å²) in [4.78, 5) is 16.0. The molecule has 2 N–H and O–H groups in total. The Bertz CT molecular complexity index is 382. The molecule has 0 saturated heterocycles. The first-order valence-electron chi connectivity index (χ1n) is 6.49. The van der Waals surface area contributed by atoms with E-state index >= 15 is 0 Å². The highest BCUT2D eigenvalue weighted by molar-refractivity contribution is 5.85. The summed E-state index contributed by atoms with van der Waals surface area (Å²) in [6, 6.07) is 0.299. The van der Waals surface area contributed by atoms with E-state index in [1.54, 1.807) is 6.20 Å². The number of halogens is 2. The lowest BCUT2D eigenvalue weighted by molar-refractivity contribution is -0.121. The smallest absolute Gasteiger partial charge is 0.221 e. The molecule has 1 aromatic heterocycles. The van der Waals surface area contributed by atoms with Crippen LogP contribution in [0, 0.1) is 0 Å². The number of hydrogen-bond acceptors (Lipinski definition) is 3. The van der Waals surface area contributed by atoms with Crippen LogP contribution in [0.1, 0.15) is 38.9 Å². The van der Waals surface area contributed by atoms with Gasteiger partial charge in [0.15, 0.2) is 0 Å². The van der Waals surface area contributed by atoms with Gasteiger partial charge in [-0.3, -0.25) is 4.79 Å². The maximum atomic E-state index is 11.7. The number of aromatic nitrogens is 2. The molecule has 0 aromatic carbocycles. The second kappa shape index (κ2) is 10.9. The van der Waals surface area contributed by atoms with Crippen molar-refractivity contribution in [2.45, 2.75) is 45.7 Å². The number of likely N-dealkylation sites (N-methyl/N-ethyl adjacent to an activating group) is 1. The third-order valence-electron chi connectivity index (χ3n) is 2.94. The topological polar surface area (TPSA) is 58.9 Å². The van der Waals surface area contributed by atoms with Crippen LogP contribution in [0.15, 0.2) is 12.4 Å². The highest BCUT2D eigenvalue weighted by Crippen LogP contribution is 2.11. The zero-order valence-electron chi connectivity index (χ0n) is 12.5. The third-order valence-corrected chi connectivity index (χ3v) is 2.94. The molecule has 0 bridgehead atoms. The van der Waals surface area contributed by atoms with Gasteiger partial charge in [0.05, 0.1) is 0 Å². The van der Waals surface area contributed by atoms with E-state index in [1.807, 2.05) is 24.7 Å². The first kappa shape index (κ1) is 21.5. The number of carbonyl (C=O) groups excluding carboxylic acids is 1. The Kier molecular flexibility index (Phi) is 11.8. The van der Waals surface area contributed by atoms with Crippen LogP contribution in [0.5, 0.6) is 0 Å². The van der Waals surface area contributed by atoms with Crippen molar-refractivity contribution >= 4 is 30.7 Å². The molecule has 1 aromatic rings. The molecule has 1 rings (SSSR count). The summed E-state index contributed by atoms with van der Waals surface area (Å²) in [6.07, 6.45) is 4.21. The number of nitrogens with one attached hydrogen (secondary N) is 2. The summed E-state index contributed by atoms with van der Waals surface area (Å²) in [7, 11) is 1.89. The van der Waals surface area contributed by atoms with Crippen LogP contribution in [-0.4, -0.2) is 35.1 Å². The molecule has 1 atom stereocenters. The van der Waals surface area contributed by atoms with Gasteiger partial charge in [-0.05, 0) is 14.0 Å². The molecule has 0 aliphatic rings. The van der Waals surface area contributed by atoms with Gasteiger partial charge in [-0.25, -0.2) is 4.98 Å². The Morgan fingerprint density at radius 1 is 1.35 bits per heavy atom. The average molecular weight is 325 g/mol. The number of nitrogens with zero attached hydrogens (tertiary/aromatic N) is 2. The molecule has 0 fully saturated rings. The molecular formula is C13H26Cl2N4O. The lowest BCUT2D eigenvalue weighted by Gasteiger charge is -2.13. The molecule has 0 aliphatic heterocycles. The van der Waals surface area contributed by atoms with Gasteiger partial charge in [0, 0.05) is 43.9 Å². The van der Waals surface area contributed by atoms with E-state index in [2.05, 4.69) is 29.5 Å². The van der Waals surface area contributed by atoms with Crippen molar-refractivity contribution in [3.05, 3.63) is 18.2 Å². The number of imidazole rings is 1. The summed E-state index contributed by atoms with van der Waals surface area (Å²) < 4.78 is 2.05. The molecule has 1 unspecified atom stereocenters. The minimum Gasteiger partial charge on any atom is -0.354 e. The van der Waals surface area contributed by atoms with E-state index in [9.17, 15) is 4.79 Å². The van der Waals surface area contributed by atoms with Gasteiger partial charge in [0.1, 0.15) is 5.82 Å². The van der Waals surface area contributed by atoms with Crippen LogP contribution >= 0.6 is 24.8 Å². The molecule has 1 amide bonds. The SMILES string of the molecule is CNC(C)CNC(=O)CCn1ccnc1C(C)C.Cl.Cl. The average Bonchev–Trinajstić information content (AvgIpc) is 2.81. The maximum absolute atomic E-state index is 11.7. The van der Waals surface area contributed by atoms with Crippen LogP contribution < -0.4 is 10.6 Å². The maximum Gasteiger partial charge on any atom is 0.221 e. The van der Waals surface area contributed by atoms with Gasteiger partial charge in [-0.15, -0.1) is 24.8 Å². The van der Waals surface area contributed by atoms with Gasteiger partial charge in [0.25, 0.3) is 0 Å². The van der Waals surface area contributed by atoms with Gasteiger partial charge >= 0.3 is 0 Å². The summed E-state index contributed by atoms with van der Waals surface area (Å²) in [5, 5.41) is 5.99. The summed E-state index contributed by atoms with van der Waals surface area (Å²) in [5.74, 6) is 1.50. The zero-order chi connectivity index (χ0) is 13.5. The highest BCUT2D eigenvalue weighted by atomic mass is 35.5. The lowest BCUT2D eigenvalue weighted by Crippen LogP contribution is -2.37. The van der Waals surface area contributed by atoms with Crippen molar-refractivity contribution in [3.8, 4) is 0 Å². The minimum absolute atomic E-state index is 0. The molecule has 20 heavy (non-hydrogen) atoms. The minimum atomic E-state index is 0. The fourth-order valence-corrected chi connectivity index (χ4v) is 1.69. The van der Waals surface area contributed by atoms with Crippen molar-refractivity contribution in [2.24, 2.45) is 0 Å². The standard InChI is InChI=1S/C13H24N4O.2ClH/c1-10(2)13-15-6-8-17(13)7-5-12(18)16-9-11(3)14-4;;/h6,8,10-11,14H,5,7,9H2,1-4H3,(H,16,18);2*1H. The normalized spacial score (nSPS) is 11.4. The predicted octanol–water partition coefficient (Wildman–Crippen LogP) is 1.96. The Morgan fingerprint density at radius 2 is 2.00 bits per heavy atom. The first-order valence-corrected chi connectivity index (χ1v) is 6.49.